The molecule has 2 N–H and O–H groups in total. The number of halogens is 2. The molecule has 2 fully saturated rings. The maximum absolute atomic E-state index is 14.2. The van der Waals surface area contributed by atoms with E-state index in [1.807, 2.05) is 23.1 Å². The molecule has 3 aliphatic rings. The summed E-state index contributed by atoms with van der Waals surface area (Å²) in [6, 6.07) is 10.7. The van der Waals surface area contributed by atoms with Gasteiger partial charge in [0.05, 0.1) is 12.5 Å². The highest BCUT2D eigenvalue weighted by molar-refractivity contribution is 5.82. The third-order valence-electron chi connectivity index (χ3n) is 7.37. The summed E-state index contributed by atoms with van der Waals surface area (Å²) in [7, 11) is 0. The van der Waals surface area contributed by atoms with Crippen molar-refractivity contribution in [2.24, 2.45) is 5.92 Å². The number of fused-ring (bicyclic) bond motifs is 2. The second-order valence-electron chi connectivity index (χ2n) is 9.86. The van der Waals surface area contributed by atoms with Gasteiger partial charge in [-0.05, 0) is 66.6 Å². The van der Waals surface area contributed by atoms with Gasteiger partial charge in [0.2, 0.25) is 11.8 Å². The lowest BCUT2D eigenvalue weighted by Gasteiger charge is -2.43. The maximum Gasteiger partial charge on any atom is 0.230 e. The van der Waals surface area contributed by atoms with Crippen molar-refractivity contribution in [1.82, 2.24) is 15.5 Å². The summed E-state index contributed by atoms with van der Waals surface area (Å²) in [6.07, 6.45) is 3.16. The number of piperidine rings is 1. The Bertz CT molecular complexity index is 1140. The first-order valence-electron chi connectivity index (χ1n) is 12.3. The molecule has 35 heavy (non-hydrogen) atoms. The molecule has 2 amide bonds. The number of rotatable bonds is 7. The minimum absolute atomic E-state index is 0.0130. The van der Waals surface area contributed by atoms with E-state index in [0.717, 1.165) is 24.0 Å². The summed E-state index contributed by atoms with van der Waals surface area (Å²) >= 11 is 0. The van der Waals surface area contributed by atoms with Gasteiger partial charge in [0.25, 0.3) is 0 Å². The Morgan fingerprint density at radius 2 is 1.94 bits per heavy atom. The summed E-state index contributed by atoms with van der Waals surface area (Å²) in [5, 5.41) is 6.13. The molecule has 8 heteroatoms. The Morgan fingerprint density at radius 3 is 2.71 bits per heavy atom. The number of carbonyl (C=O) groups is 2. The number of hydrogen-bond donors (Lipinski definition) is 2. The van der Waals surface area contributed by atoms with Gasteiger partial charge in [-0.25, -0.2) is 8.78 Å². The van der Waals surface area contributed by atoms with Crippen molar-refractivity contribution in [3.8, 4) is 0 Å². The summed E-state index contributed by atoms with van der Waals surface area (Å²) in [5.74, 6) is -2.39. The SMILES string of the molecule is CC(=O)NCCc1cccc(CN(C(=O)C2CNCCC23OCc2cc(F)c(F)cc23)C2CC2)c1. The van der Waals surface area contributed by atoms with Crippen molar-refractivity contribution in [2.45, 2.75) is 57.4 Å². The van der Waals surface area contributed by atoms with Crippen LogP contribution in [0, 0.1) is 17.6 Å². The molecule has 6 nitrogen and oxygen atoms in total. The molecule has 1 spiro atoms. The quantitative estimate of drug-likeness (QED) is 0.635. The number of benzene rings is 2. The van der Waals surface area contributed by atoms with Crippen LogP contribution in [-0.4, -0.2) is 42.4 Å². The van der Waals surface area contributed by atoms with E-state index in [2.05, 4.69) is 16.7 Å². The standard InChI is InChI=1S/C27H31F2N3O3/c1-17(33)31-9-7-18-3-2-4-19(11-18)15-32(21-5-6-21)26(34)23-14-30-10-8-27(23)22-13-25(29)24(28)12-20(22)16-35-27/h2-4,11-13,21,23,30H,5-10,14-16H2,1H3,(H,31,33). The predicted octanol–water partition coefficient (Wildman–Crippen LogP) is 3.17. The second kappa shape index (κ2) is 9.66. The van der Waals surface area contributed by atoms with Crippen LogP contribution < -0.4 is 10.6 Å². The van der Waals surface area contributed by atoms with Crippen LogP contribution in [-0.2, 0) is 39.5 Å². The molecular weight excluding hydrogens is 452 g/mol. The molecule has 2 unspecified atom stereocenters. The lowest BCUT2D eigenvalue weighted by Crippen LogP contribution is -2.55. The van der Waals surface area contributed by atoms with E-state index in [1.165, 1.54) is 19.1 Å². The molecule has 1 saturated carbocycles. The van der Waals surface area contributed by atoms with Crippen LogP contribution in [0.1, 0.15) is 48.4 Å². The fourth-order valence-electron chi connectivity index (χ4n) is 5.46. The van der Waals surface area contributed by atoms with Gasteiger partial charge in [0, 0.05) is 32.6 Å². The topological polar surface area (TPSA) is 70.7 Å². The molecule has 2 aromatic rings. The normalized spacial score (nSPS) is 23.2. The minimum Gasteiger partial charge on any atom is -0.365 e. The molecule has 1 aliphatic carbocycles. The predicted molar refractivity (Wildman–Crippen MR) is 126 cm³/mol. The van der Waals surface area contributed by atoms with E-state index in [0.29, 0.717) is 50.1 Å². The summed E-state index contributed by atoms with van der Waals surface area (Å²) < 4.78 is 34.3. The van der Waals surface area contributed by atoms with Gasteiger partial charge in [-0.2, -0.15) is 0 Å². The van der Waals surface area contributed by atoms with Gasteiger partial charge in [-0.1, -0.05) is 24.3 Å². The van der Waals surface area contributed by atoms with Gasteiger partial charge in [-0.3, -0.25) is 9.59 Å². The fraction of sp³-hybridized carbons (Fsp3) is 0.481. The molecule has 2 atom stereocenters. The smallest absolute Gasteiger partial charge is 0.230 e. The lowest BCUT2D eigenvalue weighted by molar-refractivity contribution is -0.157. The highest BCUT2D eigenvalue weighted by atomic mass is 19.2. The van der Waals surface area contributed by atoms with E-state index < -0.39 is 23.2 Å². The van der Waals surface area contributed by atoms with E-state index in [-0.39, 0.29) is 24.5 Å². The first kappa shape index (κ1) is 23.9. The third-order valence-corrected chi connectivity index (χ3v) is 7.37. The fourth-order valence-corrected chi connectivity index (χ4v) is 5.46. The third kappa shape index (κ3) is 4.82. The first-order chi connectivity index (χ1) is 16.9. The Balaban J connectivity index is 1.38. The molecule has 2 heterocycles. The zero-order valence-electron chi connectivity index (χ0n) is 19.9. The minimum atomic E-state index is -0.945. The van der Waals surface area contributed by atoms with E-state index in [9.17, 15) is 18.4 Å². The average molecular weight is 484 g/mol. The molecular formula is C27H31F2N3O3. The van der Waals surface area contributed by atoms with Crippen molar-refractivity contribution in [3.63, 3.8) is 0 Å². The van der Waals surface area contributed by atoms with Gasteiger partial charge in [0.15, 0.2) is 11.6 Å². The number of ether oxygens (including phenoxy) is 1. The van der Waals surface area contributed by atoms with Gasteiger partial charge in [-0.15, -0.1) is 0 Å². The van der Waals surface area contributed by atoms with Crippen LogP contribution in [0.3, 0.4) is 0 Å². The number of nitrogens with zero attached hydrogens (tertiary/aromatic N) is 1. The summed E-state index contributed by atoms with van der Waals surface area (Å²) in [4.78, 5) is 27.1. The Morgan fingerprint density at radius 1 is 1.17 bits per heavy atom. The molecule has 1 saturated heterocycles. The van der Waals surface area contributed by atoms with Crippen LogP contribution in [0.2, 0.25) is 0 Å². The number of nitrogens with one attached hydrogen (secondary N) is 2. The average Bonchev–Trinajstić information content (AvgIpc) is 3.63. The molecule has 5 rings (SSSR count). The first-order valence-corrected chi connectivity index (χ1v) is 12.3. The van der Waals surface area contributed by atoms with Crippen LogP contribution >= 0.6 is 0 Å². The number of amides is 2. The Labute approximate surface area is 204 Å². The van der Waals surface area contributed by atoms with Gasteiger partial charge >= 0.3 is 0 Å². The molecule has 0 radical (unpaired) electrons. The number of hydrogen-bond acceptors (Lipinski definition) is 4. The van der Waals surface area contributed by atoms with Crippen molar-refractivity contribution >= 4 is 11.8 Å². The van der Waals surface area contributed by atoms with Gasteiger partial charge < -0.3 is 20.3 Å². The Hall–Kier alpha value is -2.84. The van der Waals surface area contributed by atoms with Crippen LogP contribution in [0.15, 0.2) is 36.4 Å². The monoisotopic (exact) mass is 483 g/mol. The van der Waals surface area contributed by atoms with Crippen molar-refractivity contribution in [3.05, 3.63) is 70.3 Å². The number of carbonyl (C=O) groups excluding carboxylic acids is 2. The molecule has 2 aliphatic heterocycles. The van der Waals surface area contributed by atoms with E-state index in [4.69, 9.17) is 4.74 Å². The molecule has 0 aromatic heterocycles. The van der Waals surface area contributed by atoms with E-state index >= 15 is 0 Å². The van der Waals surface area contributed by atoms with Crippen LogP contribution in [0.4, 0.5) is 8.78 Å². The largest absolute Gasteiger partial charge is 0.365 e. The van der Waals surface area contributed by atoms with E-state index in [1.54, 1.807) is 0 Å². The molecule has 2 aromatic carbocycles. The van der Waals surface area contributed by atoms with Gasteiger partial charge in [0.1, 0.15) is 5.60 Å². The molecule has 186 valence electrons. The maximum atomic E-state index is 14.2. The summed E-state index contributed by atoms with van der Waals surface area (Å²) in [6.45, 7) is 3.79. The van der Waals surface area contributed by atoms with Crippen molar-refractivity contribution in [1.29, 1.82) is 0 Å². The highest BCUT2D eigenvalue weighted by Gasteiger charge is 2.53. The second-order valence-corrected chi connectivity index (χ2v) is 9.86. The lowest BCUT2D eigenvalue weighted by atomic mass is 9.75. The zero-order valence-corrected chi connectivity index (χ0v) is 19.9. The van der Waals surface area contributed by atoms with Crippen molar-refractivity contribution in [2.75, 3.05) is 19.6 Å². The zero-order chi connectivity index (χ0) is 24.6. The Kier molecular flexibility index (Phi) is 6.59. The van der Waals surface area contributed by atoms with Crippen molar-refractivity contribution < 1.29 is 23.1 Å². The van der Waals surface area contributed by atoms with Crippen LogP contribution in [0.5, 0.6) is 0 Å². The molecule has 0 bridgehead atoms. The highest BCUT2D eigenvalue weighted by Crippen LogP contribution is 2.48. The van der Waals surface area contributed by atoms with Crippen LogP contribution in [0.25, 0.3) is 0 Å². The summed E-state index contributed by atoms with van der Waals surface area (Å²) in [5.41, 5.74) is 2.41.